The number of rotatable bonds is 6. The third-order valence-electron chi connectivity index (χ3n) is 6.51. The first-order valence-electron chi connectivity index (χ1n) is 12.6. The van der Waals surface area contributed by atoms with Crippen LogP contribution in [0.15, 0.2) is 51.7 Å². The molecule has 2 heterocycles. The third kappa shape index (κ3) is 6.27. The van der Waals surface area contributed by atoms with E-state index in [1.54, 1.807) is 23.1 Å². The second-order valence-electron chi connectivity index (χ2n) is 10.4. The average molecular weight is 523 g/mol. The second kappa shape index (κ2) is 11.2. The van der Waals surface area contributed by atoms with Gasteiger partial charge in [-0.05, 0) is 62.8 Å². The molecule has 0 aliphatic carbocycles. The fourth-order valence-electron chi connectivity index (χ4n) is 4.63. The number of carbonyl (C=O) groups is 2. The van der Waals surface area contributed by atoms with Crippen molar-refractivity contribution in [1.29, 1.82) is 0 Å². The van der Waals surface area contributed by atoms with Crippen molar-refractivity contribution in [3.05, 3.63) is 69.6 Å². The lowest BCUT2D eigenvalue weighted by Gasteiger charge is -2.32. The first kappa shape index (κ1) is 27.0. The van der Waals surface area contributed by atoms with Crippen molar-refractivity contribution in [2.45, 2.75) is 51.7 Å². The van der Waals surface area contributed by atoms with Gasteiger partial charge >= 0.3 is 11.7 Å². The molecule has 9 nitrogen and oxygen atoms in total. The number of methoxy groups -OCH3 is 2. The van der Waals surface area contributed by atoms with Gasteiger partial charge in [-0.1, -0.05) is 24.3 Å². The van der Waals surface area contributed by atoms with Gasteiger partial charge in [0.15, 0.2) is 11.5 Å². The molecule has 0 spiro atoms. The van der Waals surface area contributed by atoms with E-state index in [1.807, 2.05) is 32.9 Å². The summed E-state index contributed by atoms with van der Waals surface area (Å²) < 4.78 is 21.3. The molecular formula is C29H34N2O7. The molecular weight excluding hydrogens is 488 g/mol. The molecule has 0 unspecified atom stereocenters. The Balaban J connectivity index is 1.41. The lowest BCUT2D eigenvalue weighted by Crippen LogP contribution is -2.39. The Morgan fingerprint density at radius 2 is 1.71 bits per heavy atom. The third-order valence-corrected chi connectivity index (χ3v) is 6.51. The molecule has 1 aliphatic rings. The van der Waals surface area contributed by atoms with Crippen LogP contribution < -0.4 is 20.4 Å². The monoisotopic (exact) mass is 522 g/mol. The van der Waals surface area contributed by atoms with Crippen LogP contribution in [0.1, 0.15) is 61.0 Å². The SMILES string of the molecule is COc1cc2cc(C(=O)N3CCC(c4cccc(CNC(=O)OC(C)(C)C)c4)CC3)c(=O)oc2cc1OC. The van der Waals surface area contributed by atoms with Gasteiger partial charge in [0.1, 0.15) is 16.7 Å². The fourth-order valence-corrected chi connectivity index (χ4v) is 4.63. The summed E-state index contributed by atoms with van der Waals surface area (Å²) in [5, 5.41) is 3.37. The van der Waals surface area contributed by atoms with E-state index in [-0.39, 0.29) is 17.4 Å². The topological polar surface area (TPSA) is 107 Å². The van der Waals surface area contributed by atoms with Crippen LogP contribution in [0.5, 0.6) is 11.5 Å². The molecule has 9 heteroatoms. The molecule has 2 aromatic carbocycles. The van der Waals surface area contributed by atoms with Gasteiger partial charge in [-0.3, -0.25) is 4.79 Å². The van der Waals surface area contributed by atoms with Crippen molar-refractivity contribution in [1.82, 2.24) is 10.2 Å². The van der Waals surface area contributed by atoms with Crippen LogP contribution in [-0.4, -0.2) is 49.8 Å². The number of hydrogen-bond donors (Lipinski definition) is 1. The molecule has 0 bridgehead atoms. The Kier molecular flexibility index (Phi) is 7.94. The van der Waals surface area contributed by atoms with E-state index in [4.69, 9.17) is 18.6 Å². The molecule has 1 aliphatic heterocycles. The van der Waals surface area contributed by atoms with E-state index in [2.05, 4.69) is 17.4 Å². The summed E-state index contributed by atoms with van der Waals surface area (Å²) in [5.41, 5.74) is 1.23. The van der Waals surface area contributed by atoms with Crippen LogP contribution in [0, 0.1) is 0 Å². The molecule has 4 rings (SSSR count). The van der Waals surface area contributed by atoms with E-state index in [9.17, 15) is 14.4 Å². The van der Waals surface area contributed by atoms with Gasteiger partial charge in [-0.25, -0.2) is 9.59 Å². The summed E-state index contributed by atoms with van der Waals surface area (Å²) in [6.45, 7) is 6.89. The molecule has 1 fully saturated rings. The van der Waals surface area contributed by atoms with Crippen molar-refractivity contribution in [2.24, 2.45) is 0 Å². The number of nitrogens with zero attached hydrogens (tertiary/aromatic N) is 1. The van der Waals surface area contributed by atoms with Crippen LogP contribution in [0.2, 0.25) is 0 Å². The van der Waals surface area contributed by atoms with Crippen molar-refractivity contribution >= 4 is 23.0 Å². The normalized spacial score (nSPS) is 14.3. The van der Waals surface area contributed by atoms with Crippen molar-refractivity contribution in [3.8, 4) is 11.5 Å². The van der Waals surface area contributed by atoms with Crippen molar-refractivity contribution in [2.75, 3.05) is 27.3 Å². The van der Waals surface area contributed by atoms with Crippen LogP contribution in [0.3, 0.4) is 0 Å². The van der Waals surface area contributed by atoms with Crippen molar-refractivity contribution in [3.63, 3.8) is 0 Å². The van der Waals surface area contributed by atoms with Crippen molar-refractivity contribution < 1.29 is 28.2 Å². The summed E-state index contributed by atoms with van der Waals surface area (Å²) in [7, 11) is 3.02. The quantitative estimate of drug-likeness (QED) is 0.461. The summed E-state index contributed by atoms with van der Waals surface area (Å²) in [6, 6.07) is 12.9. The minimum absolute atomic E-state index is 0.00150. The van der Waals surface area contributed by atoms with E-state index in [0.29, 0.717) is 42.1 Å². The summed E-state index contributed by atoms with van der Waals surface area (Å²) >= 11 is 0. The lowest BCUT2D eigenvalue weighted by molar-refractivity contribution is 0.0523. The van der Waals surface area contributed by atoms with E-state index in [1.165, 1.54) is 14.2 Å². The molecule has 1 aromatic heterocycles. The highest BCUT2D eigenvalue weighted by Crippen LogP contribution is 2.33. The Hall–Kier alpha value is -4.01. The maximum absolute atomic E-state index is 13.2. The number of carbonyl (C=O) groups excluding carboxylic acids is 2. The van der Waals surface area contributed by atoms with E-state index in [0.717, 1.165) is 24.0 Å². The molecule has 38 heavy (non-hydrogen) atoms. The number of fused-ring (bicyclic) bond motifs is 1. The van der Waals surface area contributed by atoms with Gasteiger partial charge < -0.3 is 28.8 Å². The molecule has 1 saturated heterocycles. The standard InChI is InChI=1S/C29H34N2O7/c1-29(2,3)38-28(34)30-17-18-7-6-8-20(13-18)19-9-11-31(12-10-19)26(32)22-14-21-15-24(35-4)25(36-5)16-23(21)37-27(22)33/h6-8,13-16,19H,9-12,17H2,1-5H3,(H,30,34). The highest BCUT2D eigenvalue weighted by Gasteiger charge is 2.27. The number of amides is 2. The smallest absolute Gasteiger partial charge is 0.407 e. The fraction of sp³-hybridized carbons (Fsp3) is 0.414. The maximum atomic E-state index is 13.2. The van der Waals surface area contributed by atoms with E-state index >= 15 is 0 Å². The minimum Gasteiger partial charge on any atom is -0.493 e. The lowest BCUT2D eigenvalue weighted by atomic mass is 9.88. The Morgan fingerprint density at radius 3 is 2.37 bits per heavy atom. The first-order valence-corrected chi connectivity index (χ1v) is 12.6. The summed E-state index contributed by atoms with van der Waals surface area (Å²) in [5.74, 6) is 0.847. The Morgan fingerprint density at radius 1 is 1.03 bits per heavy atom. The van der Waals surface area contributed by atoms with Gasteiger partial charge in [0, 0.05) is 31.1 Å². The molecule has 0 radical (unpaired) electrons. The van der Waals surface area contributed by atoms with Crippen LogP contribution in [0.4, 0.5) is 4.79 Å². The Labute approximate surface area is 221 Å². The van der Waals surface area contributed by atoms with Crippen LogP contribution in [0.25, 0.3) is 11.0 Å². The average Bonchev–Trinajstić information content (AvgIpc) is 2.89. The molecule has 0 saturated carbocycles. The predicted molar refractivity (Wildman–Crippen MR) is 143 cm³/mol. The number of likely N-dealkylation sites (tertiary alicyclic amines) is 1. The van der Waals surface area contributed by atoms with Gasteiger partial charge in [-0.2, -0.15) is 0 Å². The van der Waals surface area contributed by atoms with Gasteiger partial charge in [0.05, 0.1) is 14.2 Å². The van der Waals surface area contributed by atoms with Gasteiger partial charge in [0.25, 0.3) is 5.91 Å². The second-order valence-corrected chi connectivity index (χ2v) is 10.4. The minimum atomic E-state index is -0.679. The Bertz CT molecular complexity index is 1380. The number of benzene rings is 2. The van der Waals surface area contributed by atoms with Gasteiger partial charge in [-0.15, -0.1) is 0 Å². The number of nitrogens with one attached hydrogen (secondary N) is 1. The zero-order valence-corrected chi connectivity index (χ0v) is 22.5. The molecule has 3 aromatic rings. The first-order chi connectivity index (χ1) is 18.1. The number of ether oxygens (including phenoxy) is 3. The highest BCUT2D eigenvalue weighted by atomic mass is 16.6. The molecule has 1 N–H and O–H groups in total. The number of hydrogen-bond acceptors (Lipinski definition) is 7. The van der Waals surface area contributed by atoms with Crippen LogP contribution >= 0.6 is 0 Å². The molecule has 0 atom stereocenters. The molecule has 202 valence electrons. The number of piperidine rings is 1. The maximum Gasteiger partial charge on any atom is 0.407 e. The zero-order chi connectivity index (χ0) is 27.4. The largest absolute Gasteiger partial charge is 0.493 e. The molecule has 2 amide bonds. The van der Waals surface area contributed by atoms with E-state index < -0.39 is 17.3 Å². The highest BCUT2D eigenvalue weighted by molar-refractivity contribution is 5.97. The summed E-state index contributed by atoms with van der Waals surface area (Å²) in [4.78, 5) is 39.6. The zero-order valence-electron chi connectivity index (χ0n) is 22.5. The number of alkyl carbamates (subject to hydrolysis) is 1. The van der Waals surface area contributed by atoms with Crippen LogP contribution in [-0.2, 0) is 11.3 Å². The predicted octanol–water partition coefficient (Wildman–Crippen LogP) is 4.85. The summed E-state index contributed by atoms with van der Waals surface area (Å²) in [6.07, 6.45) is 1.07. The van der Waals surface area contributed by atoms with Gasteiger partial charge in [0.2, 0.25) is 0 Å².